The molecule has 180 valence electrons. The van der Waals surface area contributed by atoms with Gasteiger partial charge in [0.05, 0.1) is 19.1 Å². The molecule has 33 heavy (non-hydrogen) atoms. The monoisotopic (exact) mass is 479 g/mol. The van der Waals surface area contributed by atoms with Gasteiger partial charge in [0.25, 0.3) is 0 Å². The standard InChI is InChI=1S/C25H31ClFNO5/c1-5-32-23(30)18(15-29)13-20(28-24(31)33-25(2,3)4)12-16-6-8-17(9-7-16)21-14-19(26)10-11-22(21)27/h6-11,14,18,20,29H,5,12-13,15H2,1-4H3,(H,28,31). The number of ether oxygens (including phenoxy) is 2. The Kier molecular flexibility index (Phi) is 9.68. The molecule has 0 aliphatic heterocycles. The van der Waals surface area contributed by atoms with Crippen LogP contribution in [0.1, 0.15) is 39.7 Å². The van der Waals surface area contributed by atoms with Crippen LogP contribution in [0.25, 0.3) is 11.1 Å². The maximum absolute atomic E-state index is 14.2. The van der Waals surface area contributed by atoms with Crippen LogP contribution in [0.4, 0.5) is 9.18 Å². The first-order valence-electron chi connectivity index (χ1n) is 10.8. The molecule has 0 fully saturated rings. The molecule has 2 unspecified atom stereocenters. The Morgan fingerprint density at radius 3 is 2.39 bits per heavy atom. The van der Waals surface area contributed by atoms with Crippen molar-refractivity contribution >= 4 is 23.7 Å². The molecule has 0 aliphatic carbocycles. The van der Waals surface area contributed by atoms with Crippen molar-refractivity contribution in [3.8, 4) is 11.1 Å². The highest BCUT2D eigenvalue weighted by atomic mass is 35.5. The molecule has 0 aromatic heterocycles. The van der Waals surface area contributed by atoms with Gasteiger partial charge in [-0.2, -0.15) is 0 Å². The Morgan fingerprint density at radius 1 is 1.15 bits per heavy atom. The second kappa shape index (κ2) is 12.0. The van der Waals surface area contributed by atoms with E-state index in [4.69, 9.17) is 21.1 Å². The number of halogens is 2. The fourth-order valence-corrected chi connectivity index (χ4v) is 3.51. The van der Waals surface area contributed by atoms with Crippen molar-refractivity contribution in [2.75, 3.05) is 13.2 Å². The number of aliphatic hydroxyl groups is 1. The number of esters is 1. The van der Waals surface area contributed by atoms with Gasteiger partial charge in [0, 0.05) is 16.6 Å². The summed E-state index contributed by atoms with van der Waals surface area (Å²) >= 11 is 5.99. The minimum absolute atomic E-state index is 0.166. The van der Waals surface area contributed by atoms with Crippen molar-refractivity contribution in [2.24, 2.45) is 5.92 Å². The van der Waals surface area contributed by atoms with Gasteiger partial charge in [-0.1, -0.05) is 35.9 Å². The van der Waals surface area contributed by atoms with Gasteiger partial charge in [-0.15, -0.1) is 0 Å². The number of aliphatic hydroxyl groups excluding tert-OH is 1. The van der Waals surface area contributed by atoms with Gasteiger partial charge in [-0.05, 0) is 69.9 Å². The van der Waals surface area contributed by atoms with E-state index in [1.807, 2.05) is 12.1 Å². The third-order valence-electron chi connectivity index (χ3n) is 4.81. The van der Waals surface area contributed by atoms with Crippen LogP contribution in [0, 0.1) is 11.7 Å². The smallest absolute Gasteiger partial charge is 0.407 e. The van der Waals surface area contributed by atoms with Gasteiger partial charge in [0.1, 0.15) is 11.4 Å². The highest BCUT2D eigenvalue weighted by Gasteiger charge is 2.26. The molecule has 1 amide bonds. The molecule has 2 atom stereocenters. The van der Waals surface area contributed by atoms with Gasteiger partial charge >= 0.3 is 12.1 Å². The largest absolute Gasteiger partial charge is 0.466 e. The van der Waals surface area contributed by atoms with Crippen LogP contribution in [0.2, 0.25) is 5.02 Å². The number of carbonyl (C=O) groups is 2. The molecule has 0 bridgehead atoms. The second-order valence-corrected chi connectivity index (χ2v) is 9.17. The zero-order valence-electron chi connectivity index (χ0n) is 19.4. The highest BCUT2D eigenvalue weighted by Crippen LogP contribution is 2.27. The molecule has 0 heterocycles. The maximum atomic E-state index is 14.2. The Bertz CT molecular complexity index is 943. The molecule has 2 rings (SSSR count). The average molecular weight is 480 g/mol. The topological polar surface area (TPSA) is 84.9 Å². The van der Waals surface area contributed by atoms with Gasteiger partial charge in [-0.25, -0.2) is 9.18 Å². The number of rotatable bonds is 9. The van der Waals surface area contributed by atoms with Crippen LogP contribution in [0.5, 0.6) is 0 Å². The van der Waals surface area contributed by atoms with Crippen molar-refractivity contribution in [1.29, 1.82) is 0 Å². The van der Waals surface area contributed by atoms with E-state index < -0.39 is 36.2 Å². The first-order chi connectivity index (χ1) is 15.5. The number of benzene rings is 2. The Hall–Kier alpha value is -2.64. The lowest BCUT2D eigenvalue weighted by Crippen LogP contribution is -2.42. The molecule has 0 saturated heterocycles. The normalized spacial score (nSPS) is 13.2. The number of nitrogens with one attached hydrogen (secondary N) is 1. The number of amides is 1. The average Bonchev–Trinajstić information content (AvgIpc) is 2.73. The van der Waals surface area contributed by atoms with Crippen molar-refractivity contribution < 1.29 is 28.6 Å². The van der Waals surface area contributed by atoms with E-state index in [0.717, 1.165) is 5.56 Å². The van der Waals surface area contributed by atoms with E-state index in [9.17, 15) is 19.1 Å². The van der Waals surface area contributed by atoms with Crippen molar-refractivity contribution in [3.05, 3.63) is 58.9 Å². The SMILES string of the molecule is CCOC(=O)C(CO)CC(Cc1ccc(-c2cc(Cl)ccc2F)cc1)NC(=O)OC(C)(C)C. The second-order valence-electron chi connectivity index (χ2n) is 8.74. The van der Waals surface area contributed by atoms with E-state index in [-0.39, 0.29) is 18.8 Å². The molecule has 0 saturated carbocycles. The summed E-state index contributed by atoms with van der Waals surface area (Å²) in [6.45, 7) is 6.74. The van der Waals surface area contributed by atoms with Gasteiger partial charge in [0.15, 0.2) is 0 Å². The van der Waals surface area contributed by atoms with Crippen molar-refractivity contribution in [3.63, 3.8) is 0 Å². The zero-order chi connectivity index (χ0) is 24.6. The highest BCUT2D eigenvalue weighted by molar-refractivity contribution is 6.30. The van der Waals surface area contributed by atoms with Gasteiger partial charge in [-0.3, -0.25) is 4.79 Å². The molecule has 0 radical (unpaired) electrons. The van der Waals surface area contributed by atoms with E-state index >= 15 is 0 Å². The Labute approximate surface area is 199 Å². The quantitative estimate of drug-likeness (QED) is 0.486. The number of hydrogen-bond acceptors (Lipinski definition) is 5. The molecular weight excluding hydrogens is 449 g/mol. The summed E-state index contributed by atoms with van der Waals surface area (Å²) in [6.07, 6.45) is -0.0853. The van der Waals surface area contributed by atoms with E-state index in [0.29, 0.717) is 22.6 Å². The first-order valence-corrected chi connectivity index (χ1v) is 11.2. The summed E-state index contributed by atoms with van der Waals surface area (Å²) in [7, 11) is 0. The molecule has 6 nitrogen and oxygen atoms in total. The van der Waals surface area contributed by atoms with Crippen molar-refractivity contribution in [2.45, 2.75) is 52.2 Å². The van der Waals surface area contributed by atoms with E-state index in [1.165, 1.54) is 12.1 Å². The fourth-order valence-electron chi connectivity index (χ4n) is 3.34. The van der Waals surface area contributed by atoms with Gasteiger partial charge in [0.2, 0.25) is 0 Å². The third kappa shape index (κ3) is 8.67. The maximum Gasteiger partial charge on any atom is 0.407 e. The fraction of sp³-hybridized carbons (Fsp3) is 0.440. The minimum atomic E-state index is -0.787. The van der Waals surface area contributed by atoms with Gasteiger partial charge < -0.3 is 19.9 Å². The Balaban J connectivity index is 2.20. The minimum Gasteiger partial charge on any atom is -0.466 e. The van der Waals surface area contributed by atoms with E-state index in [2.05, 4.69) is 5.32 Å². The zero-order valence-corrected chi connectivity index (χ0v) is 20.1. The first kappa shape index (κ1) is 26.6. The molecule has 8 heteroatoms. The lowest BCUT2D eigenvalue weighted by atomic mass is 9.94. The number of hydrogen-bond donors (Lipinski definition) is 2. The number of alkyl carbamates (subject to hydrolysis) is 1. The summed E-state index contributed by atoms with van der Waals surface area (Å²) in [5.41, 5.74) is 1.22. The third-order valence-corrected chi connectivity index (χ3v) is 5.04. The summed E-state index contributed by atoms with van der Waals surface area (Å²) < 4.78 is 24.6. The van der Waals surface area contributed by atoms with Crippen molar-refractivity contribution in [1.82, 2.24) is 5.32 Å². The summed E-state index contributed by atoms with van der Waals surface area (Å²) in [5, 5.41) is 12.9. The Morgan fingerprint density at radius 2 is 1.82 bits per heavy atom. The molecule has 2 aromatic carbocycles. The predicted molar refractivity (Wildman–Crippen MR) is 126 cm³/mol. The van der Waals surface area contributed by atoms with Crippen LogP contribution >= 0.6 is 11.6 Å². The number of carbonyl (C=O) groups excluding carboxylic acids is 2. The van der Waals surface area contributed by atoms with E-state index in [1.54, 1.807) is 45.9 Å². The summed E-state index contributed by atoms with van der Waals surface area (Å²) in [5.74, 6) is -1.69. The predicted octanol–water partition coefficient (Wildman–Crippen LogP) is 5.14. The van der Waals surface area contributed by atoms with Crippen LogP contribution in [0.3, 0.4) is 0 Å². The van der Waals surface area contributed by atoms with Crippen LogP contribution in [0.15, 0.2) is 42.5 Å². The lowest BCUT2D eigenvalue weighted by molar-refractivity contribution is -0.149. The molecular formula is C25H31ClFNO5. The summed E-state index contributed by atoms with van der Waals surface area (Å²) in [6, 6.07) is 11.0. The lowest BCUT2D eigenvalue weighted by Gasteiger charge is -2.25. The molecule has 0 spiro atoms. The van der Waals surface area contributed by atoms with Crippen LogP contribution in [-0.2, 0) is 20.7 Å². The summed E-state index contributed by atoms with van der Waals surface area (Å²) in [4.78, 5) is 24.5. The molecule has 2 aromatic rings. The molecule has 2 N–H and O–H groups in total. The van der Waals surface area contributed by atoms with Crippen LogP contribution in [-0.4, -0.2) is 42.0 Å². The molecule has 0 aliphatic rings. The van der Waals surface area contributed by atoms with Crippen LogP contribution < -0.4 is 5.32 Å².